The van der Waals surface area contributed by atoms with Crippen molar-refractivity contribution in [3.05, 3.63) is 40.6 Å². The molecule has 9 nitrogen and oxygen atoms in total. The Kier molecular flexibility index (Phi) is 6.70. The standard InChI is InChI=1S/C28H35N3O6/c1-6-31-27(34)18-8-7-17-19(11-21(32)26(33)24(17)25(18)28(31)35)29-36-16(5)22-12-20(30-37-22)23-14(3)9-13(2)10-15(23)4/h9-10,12,16-18,21,24-26,32-33H,6-8,11H2,1-5H3/t16-,17-,18+,21+,24-,25-,26+/m0/s1. The Hall–Kier alpha value is -3.04. The number of rotatable bonds is 5. The number of aliphatic hydroxyl groups is 2. The van der Waals surface area contributed by atoms with Gasteiger partial charge in [-0.2, -0.15) is 0 Å². The number of benzene rings is 1. The first-order valence-corrected chi connectivity index (χ1v) is 13.1. The number of carbonyl (C=O) groups excluding carboxylic acids is 2. The second kappa shape index (κ2) is 9.68. The van der Waals surface area contributed by atoms with E-state index in [0.717, 1.165) is 22.4 Å². The summed E-state index contributed by atoms with van der Waals surface area (Å²) in [5, 5.41) is 30.2. The van der Waals surface area contributed by atoms with Crippen LogP contribution in [0.5, 0.6) is 0 Å². The van der Waals surface area contributed by atoms with Crippen LogP contribution in [0.1, 0.15) is 61.7 Å². The van der Waals surface area contributed by atoms with Crippen LogP contribution in [0.25, 0.3) is 11.3 Å². The first kappa shape index (κ1) is 25.6. The lowest BCUT2D eigenvalue weighted by Crippen LogP contribution is -2.54. The molecule has 9 heteroatoms. The summed E-state index contributed by atoms with van der Waals surface area (Å²) in [4.78, 5) is 32.9. The number of aryl methyl sites for hydroxylation is 3. The summed E-state index contributed by atoms with van der Waals surface area (Å²) in [6, 6.07) is 6.07. The zero-order valence-electron chi connectivity index (χ0n) is 22.0. The third-order valence-corrected chi connectivity index (χ3v) is 8.38. The minimum Gasteiger partial charge on any atom is -0.390 e. The van der Waals surface area contributed by atoms with Gasteiger partial charge in [0.25, 0.3) is 0 Å². The van der Waals surface area contributed by atoms with Gasteiger partial charge in [0.1, 0.15) is 5.69 Å². The molecule has 2 saturated carbocycles. The van der Waals surface area contributed by atoms with Gasteiger partial charge in [-0.15, -0.1) is 0 Å². The normalized spacial score (nSPS) is 31.4. The van der Waals surface area contributed by atoms with Gasteiger partial charge in [-0.25, -0.2) is 0 Å². The van der Waals surface area contributed by atoms with Crippen molar-refractivity contribution in [2.75, 3.05) is 6.54 Å². The van der Waals surface area contributed by atoms with Gasteiger partial charge >= 0.3 is 0 Å². The molecule has 5 rings (SSSR count). The molecule has 0 spiro atoms. The van der Waals surface area contributed by atoms with Gasteiger partial charge in [0.2, 0.25) is 11.8 Å². The number of fused-ring (bicyclic) bond motifs is 3. The van der Waals surface area contributed by atoms with Gasteiger partial charge in [-0.3, -0.25) is 14.5 Å². The van der Waals surface area contributed by atoms with Gasteiger partial charge in [-0.1, -0.05) is 28.0 Å². The molecule has 0 radical (unpaired) electrons. The third-order valence-electron chi connectivity index (χ3n) is 8.38. The molecule has 198 valence electrons. The lowest BCUT2D eigenvalue weighted by atomic mass is 9.60. The predicted molar refractivity (Wildman–Crippen MR) is 135 cm³/mol. The second-order valence-corrected chi connectivity index (χ2v) is 10.8. The summed E-state index contributed by atoms with van der Waals surface area (Å²) < 4.78 is 5.59. The molecule has 2 amide bonds. The topological polar surface area (TPSA) is 125 Å². The Labute approximate surface area is 216 Å². The SMILES string of the molecule is CCN1C(=O)[C@@H]2[C@H]3[C@H](O)[C@H](O)CC(=NO[C@@H](C)c4cc(-c5c(C)cc(C)cc5C)no4)[C@@H]3CC[C@H]2C1=O. The average molecular weight is 510 g/mol. The number of oxime groups is 1. The van der Waals surface area contributed by atoms with E-state index in [9.17, 15) is 19.8 Å². The van der Waals surface area contributed by atoms with Crippen LogP contribution in [0.2, 0.25) is 0 Å². The maximum Gasteiger partial charge on any atom is 0.233 e. The highest BCUT2D eigenvalue weighted by Gasteiger charge is 2.59. The number of likely N-dealkylation sites (tertiary alicyclic amines) is 1. The minimum absolute atomic E-state index is 0.148. The van der Waals surface area contributed by atoms with Crippen LogP contribution in [0.15, 0.2) is 27.9 Å². The average Bonchev–Trinajstić information content (AvgIpc) is 3.42. The van der Waals surface area contributed by atoms with Crippen molar-refractivity contribution in [3.8, 4) is 11.3 Å². The third kappa shape index (κ3) is 4.28. The van der Waals surface area contributed by atoms with E-state index in [1.165, 1.54) is 10.5 Å². The van der Waals surface area contributed by atoms with E-state index in [2.05, 4.69) is 29.4 Å². The molecule has 1 saturated heterocycles. The van der Waals surface area contributed by atoms with E-state index in [0.29, 0.717) is 30.9 Å². The van der Waals surface area contributed by atoms with E-state index in [1.54, 1.807) is 6.92 Å². The lowest BCUT2D eigenvalue weighted by Gasteiger charge is -2.45. The van der Waals surface area contributed by atoms with Crippen LogP contribution in [0.3, 0.4) is 0 Å². The first-order chi connectivity index (χ1) is 17.6. The van der Waals surface area contributed by atoms with Crippen molar-refractivity contribution < 1.29 is 29.2 Å². The zero-order chi connectivity index (χ0) is 26.6. The van der Waals surface area contributed by atoms with Gasteiger partial charge in [0.15, 0.2) is 11.9 Å². The monoisotopic (exact) mass is 509 g/mol. The van der Waals surface area contributed by atoms with E-state index in [4.69, 9.17) is 9.36 Å². The number of aromatic nitrogens is 1. The minimum atomic E-state index is -1.10. The predicted octanol–water partition coefficient (Wildman–Crippen LogP) is 3.47. The lowest BCUT2D eigenvalue weighted by molar-refractivity contribution is -0.141. The molecule has 3 fully saturated rings. The van der Waals surface area contributed by atoms with Gasteiger partial charge in [-0.05, 0) is 58.6 Å². The molecular weight excluding hydrogens is 474 g/mol. The smallest absolute Gasteiger partial charge is 0.233 e. The number of nitrogens with zero attached hydrogens (tertiary/aromatic N) is 3. The molecule has 0 unspecified atom stereocenters. The van der Waals surface area contributed by atoms with E-state index in [-0.39, 0.29) is 24.2 Å². The van der Waals surface area contributed by atoms with Gasteiger partial charge < -0.3 is 19.6 Å². The fourth-order valence-electron chi connectivity index (χ4n) is 6.73. The van der Waals surface area contributed by atoms with Crippen LogP contribution < -0.4 is 0 Å². The number of imide groups is 1. The number of carbonyl (C=O) groups is 2. The molecule has 37 heavy (non-hydrogen) atoms. The molecule has 2 N–H and O–H groups in total. The van der Waals surface area contributed by atoms with Gasteiger partial charge in [0, 0.05) is 36.4 Å². The Balaban J connectivity index is 1.36. The molecule has 0 bridgehead atoms. The number of amides is 2. The van der Waals surface area contributed by atoms with E-state index < -0.39 is 36.1 Å². The first-order valence-electron chi connectivity index (χ1n) is 13.1. The molecule has 1 aliphatic heterocycles. The van der Waals surface area contributed by atoms with Crippen molar-refractivity contribution in [1.29, 1.82) is 0 Å². The van der Waals surface area contributed by atoms with Crippen molar-refractivity contribution in [3.63, 3.8) is 0 Å². The summed E-state index contributed by atoms with van der Waals surface area (Å²) in [6.45, 7) is 10.0. The summed E-state index contributed by atoms with van der Waals surface area (Å²) in [5.41, 5.74) is 5.78. The fourth-order valence-corrected chi connectivity index (χ4v) is 6.73. The Morgan fingerprint density at radius 3 is 2.46 bits per heavy atom. The van der Waals surface area contributed by atoms with Crippen LogP contribution >= 0.6 is 0 Å². The van der Waals surface area contributed by atoms with Crippen LogP contribution in [-0.4, -0.2) is 56.5 Å². The highest BCUT2D eigenvalue weighted by molar-refractivity contribution is 6.06. The maximum atomic E-state index is 13.1. The zero-order valence-corrected chi connectivity index (χ0v) is 22.0. The summed E-state index contributed by atoms with van der Waals surface area (Å²) >= 11 is 0. The van der Waals surface area contributed by atoms with Crippen molar-refractivity contribution in [2.24, 2.45) is 28.8 Å². The highest BCUT2D eigenvalue weighted by Crippen LogP contribution is 2.49. The summed E-state index contributed by atoms with van der Waals surface area (Å²) in [6.07, 6.45) is -1.42. The van der Waals surface area contributed by atoms with Crippen molar-refractivity contribution in [1.82, 2.24) is 10.1 Å². The van der Waals surface area contributed by atoms with Crippen molar-refractivity contribution >= 4 is 17.5 Å². The fraction of sp³-hybridized carbons (Fsp3) is 0.571. The second-order valence-electron chi connectivity index (χ2n) is 10.8. The van der Waals surface area contributed by atoms with Crippen molar-refractivity contribution in [2.45, 2.75) is 72.2 Å². The van der Waals surface area contributed by atoms with Crippen LogP contribution in [-0.2, 0) is 14.4 Å². The van der Waals surface area contributed by atoms with Crippen LogP contribution in [0, 0.1) is 44.4 Å². The quantitative estimate of drug-likeness (QED) is 0.467. The summed E-state index contributed by atoms with van der Waals surface area (Å²) in [5.74, 6) is -1.82. The Morgan fingerprint density at radius 1 is 1.11 bits per heavy atom. The molecule has 2 aromatic rings. The maximum absolute atomic E-state index is 13.1. The molecule has 1 aromatic carbocycles. The van der Waals surface area contributed by atoms with Crippen LogP contribution in [0.4, 0.5) is 0 Å². The largest absolute Gasteiger partial charge is 0.390 e. The Morgan fingerprint density at radius 2 is 1.78 bits per heavy atom. The molecule has 7 atom stereocenters. The highest BCUT2D eigenvalue weighted by atomic mass is 16.6. The Bertz CT molecular complexity index is 1230. The summed E-state index contributed by atoms with van der Waals surface area (Å²) in [7, 11) is 0. The number of hydrogen-bond acceptors (Lipinski definition) is 8. The number of hydrogen-bond donors (Lipinski definition) is 2. The van der Waals surface area contributed by atoms with E-state index in [1.807, 2.05) is 26.8 Å². The van der Waals surface area contributed by atoms with Gasteiger partial charge in [0.05, 0.1) is 29.8 Å². The molecular formula is C28H35N3O6. The molecule has 2 aliphatic carbocycles. The molecule has 2 heterocycles. The molecule has 1 aromatic heterocycles. The number of aliphatic hydroxyl groups excluding tert-OH is 2. The molecule has 3 aliphatic rings. The van der Waals surface area contributed by atoms with E-state index >= 15 is 0 Å².